The van der Waals surface area contributed by atoms with E-state index in [2.05, 4.69) is 15.7 Å². The fraction of sp³-hybridized carbons (Fsp3) is 0.222. The highest BCUT2D eigenvalue weighted by molar-refractivity contribution is 6.33. The molecule has 6 atom stereocenters. The zero-order valence-corrected chi connectivity index (χ0v) is 33.5. The molecule has 4 amide bonds. The first-order valence-corrected chi connectivity index (χ1v) is 20.0. The number of alkyl halides is 3. The minimum absolute atomic E-state index is 0.0905. The summed E-state index contributed by atoms with van der Waals surface area (Å²) < 4.78 is 46.0. The van der Waals surface area contributed by atoms with Crippen molar-refractivity contribution in [1.82, 2.24) is 9.99 Å². The SMILES string of the molecule is COc1ccc(C2C3=CCC4C(=O)N(c5ccc(Nc6ccccc6)cc5)C(=O)C4C3CC3C(=O)N(Nc4ncc(C(F)(F)F)cc4Cl)C(=O)C32c2ccc(Cl)cc2)c(O)c1. The van der Waals surface area contributed by atoms with Gasteiger partial charge in [0.15, 0.2) is 5.82 Å². The number of nitrogens with zero attached hydrogens (tertiary/aromatic N) is 3. The number of hydrogen-bond acceptors (Lipinski definition) is 9. The van der Waals surface area contributed by atoms with Gasteiger partial charge < -0.3 is 15.2 Å². The third-order valence-electron chi connectivity index (χ3n) is 12.3. The van der Waals surface area contributed by atoms with Crippen LogP contribution in [-0.2, 0) is 30.8 Å². The number of fused-ring (bicyclic) bond motifs is 4. The van der Waals surface area contributed by atoms with Crippen molar-refractivity contribution in [1.29, 1.82) is 0 Å². The lowest BCUT2D eigenvalue weighted by Gasteiger charge is -2.50. The monoisotopic (exact) mass is 867 g/mol. The number of phenols is 1. The van der Waals surface area contributed by atoms with Crippen LogP contribution in [0.5, 0.6) is 11.5 Å². The van der Waals surface area contributed by atoms with Crippen LogP contribution in [0.3, 0.4) is 0 Å². The van der Waals surface area contributed by atoms with Gasteiger partial charge in [-0.05, 0) is 85.0 Å². The van der Waals surface area contributed by atoms with E-state index in [0.717, 1.165) is 11.4 Å². The number of methoxy groups -OCH3 is 1. The van der Waals surface area contributed by atoms with Gasteiger partial charge in [-0.15, -0.1) is 0 Å². The number of hydrazine groups is 1. The molecule has 11 nitrogen and oxygen atoms in total. The third kappa shape index (κ3) is 6.47. The summed E-state index contributed by atoms with van der Waals surface area (Å²) in [4.78, 5) is 64.4. The maximum absolute atomic E-state index is 15.4. The molecule has 4 aliphatic rings. The summed E-state index contributed by atoms with van der Waals surface area (Å²) in [7, 11) is 1.42. The molecule has 310 valence electrons. The number of hydrogen-bond donors (Lipinski definition) is 3. The van der Waals surface area contributed by atoms with Crippen LogP contribution in [0.1, 0.15) is 35.4 Å². The summed E-state index contributed by atoms with van der Waals surface area (Å²) >= 11 is 12.6. The topological polar surface area (TPSA) is 141 Å². The second kappa shape index (κ2) is 15.0. The Hall–Kier alpha value is -6.38. The Labute approximate surface area is 356 Å². The molecule has 1 aromatic heterocycles. The van der Waals surface area contributed by atoms with E-state index in [1.165, 1.54) is 18.1 Å². The first-order valence-electron chi connectivity index (χ1n) is 19.2. The number of benzene rings is 4. The smallest absolute Gasteiger partial charge is 0.417 e. The molecule has 5 aromatic rings. The van der Waals surface area contributed by atoms with Gasteiger partial charge in [-0.3, -0.25) is 29.5 Å². The van der Waals surface area contributed by atoms with Crippen LogP contribution in [0.2, 0.25) is 10.0 Å². The maximum atomic E-state index is 15.4. The van der Waals surface area contributed by atoms with Gasteiger partial charge in [0, 0.05) is 40.1 Å². The lowest BCUT2D eigenvalue weighted by molar-refractivity contribution is -0.139. The summed E-state index contributed by atoms with van der Waals surface area (Å²) in [6, 6.07) is 27.9. The number of pyridine rings is 1. The molecule has 4 aromatic carbocycles. The minimum atomic E-state index is -4.77. The number of allylic oxidation sites excluding steroid dienone is 2. The van der Waals surface area contributed by atoms with E-state index in [1.54, 1.807) is 60.7 Å². The Bertz CT molecular complexity index is 2650. The lowest BCUT2D eigenvalue weighted by Crippen LogP contribution is -2.53. The van der Waals surface area contributed by atoms with Gasteiger partial charge in [-0.1, -0.05) is 71.2 Å². The van der Waals surface area contributed by atoms with Gasteiger partial charge in [-0.25, -0.2) is 4.98 Å². The van der Waals surface area contributed by atoms with Gasteiger partial charge >= 0.3 is 6.18 Å². The van der Waals surface area contributed by atoms with E-state index in [-0.39, 0.29) is 30.0 Å². The number of imide groups is 2. The van der Waals surface area contributed by atoms with Crippen molar-refractivity contribution in [3.8, 4) is 11.5 Å². The van der Waals surface area contributed by atoms with Crippen LogP contribution in [0.4, 0.5) is 36.1 Å². The molecule has 0 radical (unpaired) electrons. The molecule has 0 spiro atoms. The molecule has 16 heteroatoms. The van der Waals surface area contributed by atoms with E-state index >= 15 is 4.79 Å². The Kier molecular flexibility index (Phi) is 9.82. The maximum Gasteiger partial charge on any atom is 0.417 e. The highest BCUT2D eigenvalue weighted by Crippen LogP contribution is 2.65. The average molecular weight is 869 g/mol. The van der Waals surface area contributed by atoms with Gasteiger partial charge in [0.05, 0.1) is 46.6 Å². The summed E-state index contributed by atoms with van der Waals surface area (Å²) in [5.41, 5.74) is 2.73. The minimum Gasteiger partial charge on any atom is -0.508 e. The number of aromatic nitrogens is 1. The number of carbonyl (C=O) groups excluding carboxylic acids is 4. The highest BCUT2D eigenvalue weighted by Gasteiger charge is 2.70. The molecular weight excluding hydrogens is 834 g/mol. The Morgan fingerprint density at radius 1 is 0.852 bits per heavy atom. The van der Waals surface area contributed by atoms with Crippen LogP contribution in [-0.4, -0.2) is 45.8 Å². The molecule has 3 heterocycles. The molecule has 0 bridgehead atoms. The Balaban J connectivity index is 1.16. The Morgan fingerprint density at radius 3 is 2.21 bits per heavy atom. The first kappa shape index (κ1) is 40.0. The van der Waals surface area contributed by atoms with Gasteiger partial charge in [0.1, 0.15) is 11.5 Å². The predicted molar refractivity (Wildman–Crippen MR) is 220 cm³/mol. The molecule has 9 rings (SSSR count). The van der Waals surface area contributed by atoms with Crippen LogP contribution >= 0.6 is 23.2 Å². The number of rotatable bonds is 8. The van der Waals surface area contributed by atoms with Crippen molar-refractivity contribution < 1.29 is 42.2 Å². The van der Waals surface area contributed by atoms with Crippen LogP contribution in [0.25, 0.3) is 0 Å². The normalized spacial score (nSPS) is 24.6. The van der Waals surface area contributed by atoms with Crippen LogP contribution < -0.4 is 20.4 Å². The molecule has 6 unspecified atom stereocenters. The highest BCUT2D eigenvalue weighted by atomic mass is 35.5. The molecule has 3 fully saturated rings. The standard InChI is InChI=1S/C45H34Cl2F3N5O6/c1-61-29-15-16-31(36(56)20-29)38-30-17-18-32-37(42(59)54(40(32)57)28-13-11-27(12-14-28)52-26-5-3-2-4-6-26)33(30)21-34-41(58)55(43(60)44(34,38)23-7-9-25(46)10-8-23)53-39-35(47)19-24(22-51-39)45(48,49)50/h2-17,19-20,22,32-34,37-38,52,56H,18,21H2,1H3,(H,51,53). The fourth-order valence-corrected chi connectivity index (χ4v) is 9.99. The van der Waals surface area contributed by atoms with E-state index in [4.69, 9.17) is 27.9 Å². The second-order valence-electron chi connectivity index (χ2n) is 15.4. The fourth-order valence-electron chi connectivity index (χ4n) is 9.66. The second-order valence-corrected chi connectivity index (χ2v) is 16.2. The number of ether oxygens (including phenoxy) is 1. The first-order chi connectivity index (χ1) is 29.2. The molecule has 61 heavy (non-hydrogen) atoms. The van der Waals surface area contributed by atoms with Crippen molar-refractivity contribution in [2.45, 2.75) is 30.4 Å². The van der Waals surface area contributed by atoms with E-state index in [0.29, 0.717) is 44.9 Å². The van der Waals surface area contributed by atoms with Crippen LogP contribution in [0, 0.1) is 23.7 Å². The van der Waals surface area contributed by atoms with E-state index in [1.807, 2.05) is 36.4 Å². The number of nitrogens with one attached hydrogen (secondary N) is 2. The molecule has 2 aliphatic heterocycles. The quantitative estimate of drug-likeness (QED) is 0.103. The number of carbonyl (C=O) groups is 4. The summed E-state index contributed by atoms with van der Waals surface area (Å²) in [5.74, 6) is -7.73. The van der Waals surface area contributed by atoms with Gasteiger partial charge in [-0.2, -0.15) is 18.2 Å². The van der Waals surface area contributed by atoms with Crippen LogP contribution in [0.15, 0.2) is 121 Å². The summed E-state index contributed by atoms with van der Waals surface area (Å²) in [6.45, 7) is 0. The summed E-state index contributed by atoms with van der Waals surface area (Å²) in [5, 5.41) is 15.6. The van der Waals surface area contributed by atoms with Crippen molar-refractivity contribution in [3.05, 3.63) is 148 Å². The average Bonchev–Trinajstić information content (AvgIpc) is 3.62. The van der Waals surface area contributed by atoms with E-state index < -0.39 is 75.4 Å². The van der Waals surface area contributed by atoms with E-state index in [9.17, 15) is 32.7 Å². The van der Waals surface area contributed by atoms with Crippen molar-refractivity contribution in [2.24, 2.45) is 23.7 Å². The Morgan fingerprint density at radius 2 is 1.56 bits per heavy atom. The number of aromatic hydroxyl groups is 1. The summed E-state index contributed by atoms with van der Waals surface area (Å²) in [6.07, 6.45) is -2.38. The molecule has 1 saturated carbocycles. The zero-order valence-electron chi connectivity index (χ0n) is 32.0. The zero-order chi connectivity index (χ0) is 43.0. The number of phenolic OH excluding ortho intramolecular Hbond substituents is 1. The van der Waals surface area contributed by atoms with Gasteiger partial charge in [0.2, 0.25) is 11.8 Å². The predicted octanol–water partition coefficient (Wildman–Crippen LogP) is 9.05. The molecular formula is C45H34Cl2F3N5O6. The van der Waals surface area contributed by atoms with Crippen molar-refractivity contribution >= 4 is 69.7 Å². The van der Waals surface area contributed by atoms with Gasteiger partial charge in [0.25, 0.3) is 11.8 Å². The molecule has 2 saturated heterocycles. The molecule has 3 N–H and O–H groups in total. The largest absolute Gasteiger partial charge is 0.508 e. The lowest BCUT2D eigenvalue weighted by atomic mass is 9.49. The number of anilines is 4. The number of para-hydroxylation sites is 1. The number of halogens is 5. The van der Waals surface area contributed by atoms with Crippen molar-refractivity contribution in [3.63, 3.8) is 0 Å². The third-order valence-corrected chi connectivity index (χ3v) is 12.8. The number of amides is 4. The molecule has 2 aliphatic carbocycles. The van der Waals surface area contributed by atoms with Crippen molar-refractivity contribution in [2.75, 3.05) is 22.8 Å².